The molecule has 0 spiro atoms. The summed E-state index contributed by atoms with van der Waals surface area (Å²) in [5.74, 6) is -0.988. The van der Waals surface area contributed by atoms with Crippen LogP contribution in [0.4, 0.5) is 0 Å². The van der Waals surface area contributed by atoms with Crippen molar-refractivity contribution >= 4 is 17.9 Å². The van der Waals surface area contributed by atoms with Crippen molar-refractivity contribution in [2.75, 3.05) is 13.2 Å². The number of allylic oxidation sites excluding steroid dienone is 16. The third-order valence-corrected chi connectivity index (χ3v) is 10.2. The van der Waals surface area contributed by atoms with Crippen molar-refractivity contribution in [3.05, 3.63) is 97.2 Å². The molecule has 0 aliphatic heterocycles. The summed E-state index contributed by atoms with van der Waals surface area (Å²) in [6.45, 7) is 6.36. The molecule has 61 heavy (non-hydrogen) atoms. The lowest BCUT2D eigenvalue weighted by Gasteiger charge is -2.18. The number of carbonyl (C=O) groups excluding carboxylic acids is 3. The molecule has 0 radical (unpaired) electrons. The van der Waals surface area contributed by atoms with Gasteiger partial charge in [-0.1, -0.05) is 208 Å². The van der Waals surface area contributed by atoms with Gasteiger partial charge in [-0.2, -0.15) is 0 Å². The molecule has 0 saturated heterocycles. The minimum Gasteiger partial charge on any atom is -0.462 e. The van der Waals surface area contributed by atoms with Gasteiger partial charge in [0.05, 0.1) is 0 Å². The molecule has 0 aromatic carbocycles. The summed E-state index contributed by atoms with van der Waals surface area (Å²) >= 11 is 0. The van der Waals surface area contributed by atoms with Crippen LogP contribution in [0.3, 0.4) is 0 Å². The Morgan fingerprint density at radius 3 is 1.13 bits per heavy atom. The number of hydrogen-bond donors (Lipinski definition) is 0. The molecule has 0 bridgehead atoms. The van der Waals surface area contributed by atoms with Gasteiger partial charge in [-0.05, 0) is 83.5 Å². The first-order chi connectivity index (χ1) is 30.0. The van der Waals surface area contributed by atoms with Gasteiger partial charge in [0.2, 0.25) is 0 Å². The van der Waals surface area contributed by atoms with E-state index in [1.807, 2.05) is 48.6 Å². The standard InChI is InChI=1S/C55H90O6/c1-4-7-10-13-16-19-22-24-26-27-29-30-33-36-39-42-45-48-54(57)60-51-52(50-59-53(56)47-44-41-38-35-32-21-18-15-12-9-6-3)61-55(58)49-46-43-40-37-34-31-28-25-23-20-17-14-11-8-5-2/h8,11,14-15,17-18,20-21,23-26,28,31-32,34,52H,4-7,9-10,12-13,16,19,22,27,29-30,33,35-51H2,1-3H3/b11-8-,17-14-,18-15-,23-20-,26-24-,28-25-,32-21-,34-31-. The zero-order valence-electron chi connectivity index (χ0n) is 39.4. The van der Waals surface area contributed by atoms with Crippen LogP contribution >= 0.6 is 0 Å². The van der Waals surface area contributed by atoms with Crippen LogP contribution in [0.1, 0.15) is 213 Å². The molecule has 0 aliphatic carbocycles. The third kappa shape index (κ3) is 47.2. The number of hydrogen-bond acceptors (Lipinski definition) is 6. The molecule has 0 amide bonds. The van der Waals surface area contributed by atoms with E-state index in [-0.39, 0.29) is 37.5 Å². The number of rotatable bonds is 43. The fourth-order valence-corrected chi connectivity index (χ4v) is 6.43. The molecule has 0 aromatic heterocycles. The zero-order chi connectivity index (χ0) is 44.4. The Morgan fingerprint density at radius 1 is 0.344 bits per heavy atom. The van der Waals surface area contributed by atoms with E-state index in [1.165, 1.54) is 89.9 Å². The lowest BCUT2D eigenvalue weighted by molar-refractivity contribution is -0.167. The van der Waals surface area contributed by atoms with E-state index in [1.54, 1.807) is 0 Å². The summed E-state index contributed by atoms with van der Waals surface area (Å²) in [4.78, 5) is 37.9. The summed E-state index contributed by atoms with van der Waals surface area (Å²) in [5, 5.41) is 0. The Hall–Kier alpha value is -3.67. The van der Waals surface area contributed by atoms with Crippen molar-refractivity contribution in [1.29, 1.82) is 0 Å². The number of ether oxygens (including phenoxy) is 3. The second-order valence-electron chi connectivity index (χ2n) is 16.1. The van der Waals surface area contributed by atoms with Gasteiger partial charge in [0.15, 0.2) is 6.10 Å². The fraction of sp³-hybridized carbons (Fsp3) is 0.655. The smallest absolute Gasteiger partial charge is 0.306 e. The van der Waals surface area contributed by atoms with Crippen molar-refractivity contribution in [1.82, 2.24) is 0 Å². The van der Waals surface area contributed by atoms with Crippen LogP contribution in [0, 0.1) is 0 Å². The van der Waals surface area contributed by atoms with E-state index >= 15 is 0 Å². The van der Waals surface area contributed by atoms with Crippen molar-refractivity contribution < 1.29 is 28.6 Å². The van der Waals surface area contributed by atoms with Crippen molar-refractivity contribution in [3.63, 3.8) is 0 Å². The number of esters is 3. The van der Waals surface area contributed by atoms with E-state index in [0.29, 0.717) is 19.3 Å². The maximum absolute atomic E-state index is 12.8. The molecule has 0 N–H and O–H groups in total. The Kier molecular flexibility index (Phi) is 46.0. The summed E-state index contributed by atoms with van der Waals surface area (Å²) in [7, 11) is 0. The van der Waals surface area contributed by atoms with Crippen LogP contribution in [0.15, 0.2) is 97.2 Å². The van der Waals surface area contributed by atoms with Crippen molar-refractivity contribution in [2.24, 2.45) is 0 Å². The molecule has 6 nitrogen and oxygen atoms in total. The normalized spacial score (nSPS) is 12.9. The Morgan fingerprint density at radius 2 is 0.672 bits per heavy atom. The van der Waals surface area contributed by atoms with E-state index < -0.39 is 6.10 Å². The van der Waals surface area contributed by atoms with E-state index in [9.17, 15) is 14.4 Å². The zero-order valence-corrected chi connectivity index (χ0v) is 39.4. The highest BCUT2D eigenvalue weighted by Gasteiger charge is 2.19. The molecule has 0 rings (SSSR count). The second kappa shape index (κ2) is 49.0. The lowest BCUT2D eigenvalue weighted by Crippen LogP contribution is -2.30. The fourth-order valence-electron chi connectivity index (χ4n) is 6.43. The van der Waals surface area contributed by atoms with E-state index in [4.69, 9.17) is 14.2 Å². The van der Waals surface area contributed by atoms with Gasteiger partial charge in [-0.15, -0.1) is 0 Å². The summed E-state index contributed by atoms with van der Waals surface area (Å²) in [6.07, 6.45) is 63.9. The second-order valence-corrected chi connectivity index (χ2v) is 16.1. The topological polar surface area (TPSA) is 78.9 Å². The van der Waals surface area contributed by atoms with Gasteiger partial charge in [0.25, 0.3) is 0 Å². The Bertz CT molecular complexity index is 1250. The highest BCUT2D eigenvalue weighted by molar-refractivity contribution is 5.71. The van der Waals surface area contributed by atoms with Crippen LogP contribution in [0.25, 0.3) is 0 Å². The minimum absolute atomic E-state index is 0.107. The molecule has 1 atom stereocenters. The van der Waals surface area contributed by atoms with E-state index in [2.05, 4.69) is 69.4 Å². The van der Waals surface area contributed by atoms with Crippen molar-refractivity contribution in [3.8, 4) is 0 Å². The highest BCUT2D eigenvalue weighted by Crippen LogP contribution is 2.13. The SMILES string of the molecule is CC\C=C/C=C\C=C/C=C\C=C/CCCCCC(=O)OC(COC(=O)CCCCC/C=C\C=C/CCCC)COC(=O)CCCCCCCCC/C=C\CCCCCCCC. The number of unbranched alkanes of at least 4 members (excludes halogenated alkanes) is 21. The summed E-state index contributed by atoms with van der Waals surface area (Å²) in [5.41, 5.74) is 0. The van der Waals surface area contributed by atoms with Gasteiger partial charge < -0.3 is 14.2 Å². The monoisotopic (exact) mass is 847 g/mol. The van der Waals surface area contributed by atoms with Crippen molar-refractivity contribution in [2.45, 2.75) is 219 Å². The van der Waals surface area contributed by atoms with Crippen LogP contribution in [0.2, 0.25) is 0 Å². The first-order valence-corrected chi connectivity index (χ1v) is 24.8. The van der Waals surface area contributed by atoms with Gasteiger partial charge in [-0.3, -0.25) is 14.4 Å². The third-order valence-electron chi connectivity index (χ3n) is 10.2. The maximum atomic E-state index is 12.8. The van der Waals surface area contributed by atoms with Crippen LogP contribution in [0.5, 0.6) is 0 Å². The molecule has 1 unspecified atom stereocenters. The number of carbonyl (C=O) groups is 3. The molecule has 0 heterocycles. The lowest BCUT2D eigenvalue weighted by atomic mass is 10.1. The Balaban J connectivity index is 4.48. The Labute approximate surface area is 375 Å². The maximum Gasteiger partial charge on any atom is 0.306 e. The van der Waals surface area contributed by atoms with Crippen LogP contribution < -0.4 is 0 Å². The summed E-state index contributed by atoms with van der Waals surface area (Å²) in [6, 6.07) is 0. The molecule has 0 aromatic rings. The molecule has 346 valence electrons. The predicted molar refractivity (Wildman–Crippen MR) is 260 cm³/mol. The first kappa shape index (κ1) is 57.3. The summed E-state index contributed by atoms with van der Waals surface area (Å²) < 4.78 is 16.7. The average molecular weight is 847 g/mol. The first-order valence-electron chi connectivity index (χ1n) is 24.8. The molecular formula is C55H90O6. The minimum atomic E-state index is -0.812. The van der Waals surface area contributed by atoms with Gasteiger partial charge >= 0.3 is 17.9 Å². The largest absolute Gasteiger partial charge is 0.462 e. The molecule has 0 fully saturated rings. The van der Waals surface area contributed by atoms with E-state index in [0.717, 1.165) is 77.0 Å². The van der Waals surface area contributed by atoms with Crippen LogP contribution in [-0.4, -0.2) is 37.2 Å². The molecule has 6 heteroatoms. The quantitative estimate of drug-likeness (QED) is 0.0200. The van der Waals surface area contributed by atoms with Crippen LogP contribution in [-0.2, 0) is 28.6 Å². The van der Waals surface area contributed by atoms with Gasteiger partial charge in [-0.25, -0.2) is 0 Å². The van der Waals surface area contributed by atoms with Gasteiger partial charge in [0.1, 0.15) is 13.2 Å². The molecule has 0 saturated carbocycles. The molecular weight excluding hydrogens is 757 g/mol. The predicted octanol–water partition coefficient (Wildman–Crippen LogP) is 16.2. The highest BCUT2D eigenvalue weighted by atomic mass is 16.6. The average Bonchev–Trinajstić information content (AvgIpc) is 3.26. The molecule has 0 aliphatic rings. The van der Waals surface area contributed by atoms with Gasteiger partial charge in [0, 0.05) is 19.3 Å².